The van der Waals surface area contributed by atoms with Gasteiger partial charge in [0.2, 0.25) is 0 Å². The molecule has 0 saturated carbocycles. The number of alkyl carbamates (subject to hydrolysis) is 1. The number of carbonyl (C=O) groups is 2. The minimum atomic E-state index is -0.840. The number of anilines is 2. The van der Waals surface area contributed by atoms with Crippen LogP contribution < -0.4 is 21.7 Å². The maximum Gasteiger partial charge on any atom is 0.407 e. The summed E-state index contributed by atoms with van der Waals surface area (Å²) in [5, 5.41) is 7.26. The molecule has 10 nitrogen and oxygen atoms in total. The third-order valence-corrected chi connectivity index (χ3v) is 5.58. The zero-order valence-corrected chi connectivity index (χ0v) is 19.3. The predicted octanol–water partition coefficient (Wildman–Crippen LogP) is 2.71. The topological polar surface area (TPSA) is 141 Å². The van der Waals surface area contributed by atoms with Gasteiger partial charge in [0.1, 0.15) is 23.3 Å². The molecule has 4 rings (SSSR count). The molecule has 1 aromatic carbocycles. The fourth-order valence-electron chi connectivity index (χ4n) is 4.16. The number of hydrogen-bond acceptors (Lipinski definition) is 7. The second kappa shape index (κ2) is 8.81. The normalized spacial score (nSPS) is 16.5. The smallest absolute Gasteiger partial charge is 0.407 e. The molecule has 1 fully saturated rings. The van der Waals surface area contributed by atoms with Crippen LogP contribution in [0.3, 0.4) is 0 Å². The highest BCUT2D eigenvalue weighted by Gasteiger charge is 2.27. The largest absolute Gasteiger partial charge is 0.444 e. The van der Waals surface area contributed by atoms with Crippen molar-refractivity contribution in [3.05, 3.63) is 42.0 Å². The minimum Gasteiger partial charge on any atom is -0.444 e. The Morgan fingerprint density at radius 3 is 2.71 bits per heavy atom. The van der Waals surface area contributed by atoms with E-state index in [9.17, 15) is 14.0 Å². The summed E-state index contributed by atoms with van der Waals surface area (Å²) in [5.74, 6) is -1.29. The number of amides is 2. The number of nitrogens with zero attached hydrogens (tertiary/aromatic N) is 4. The van der Waals surface area contributed by atoms with Crippen LogP contribution in [0.4, 0.5) is 20.7 Å². The zero-order valence-electron chi connectivity index (χ0n) is 19.3. The van der Waals surface area contributed by atoms with Gasteiger partial charge in [-0.3, -0.25) is 4.79 Å². The molecule has 1 aliphatic rings. The third kappa shape index (κ3) is 4.73. The lowest BCUT2D eigenvalue weighted by Crippen LogP contribution is -2.49. The van der Waals surface area contributed by atoms with Crippen molar-refractivity contribution in [1.29, 1.82) is 0 Å². The van der Waals surface area contributed by atoms with Crippen LogP contribution in [-0.2, 0) is 4.74 Å². The highest BCUT2D eigenvalue weighted by Crippen LogP contribution is 2.35. The van der Waals surface area contributed by atoms with Gasteiger partial charge in [0.25, 0.3) is 5.91 Å². The number of fused-ring (bicyclic) bond motifs is 1. The Morgan fingerprint density at radius 1 is 1.26 bits per heavy atom. The minimum absolute atomic E-state index is 0.125. The summed E-state index contributed by atoms with van der Waals surface area (Å²) < 4.78 is 21.5. The van der Waals surface area contributed by atoms with Crippen LogP contribution in [0.5, 0.6) is 0 Å². The maximum atomic E-state index is 14.5. The van der Waals surface area contributed by atoms with Gasteiger partial charge in [-0.15, -0.1) is 0 Å². The van der Waals surface area contributed by atoms with E-state index in [0.717, 1.165) is 25.1 Å². The summed E-state index contributed by atoms with van der Waals surface area (Å²) in [7, 11) is 0. The van der Waals surface area contributed by atoms with Crippen LogP contribution in [0.25, 0.3) is 16.8 Å². The number of halogens is 1. The second-order valence-corrected chi connectivity index (χ2v) is 9.31. The van der Waals surface area contributed by atoms with Crippen molar-refractivity contribution in [2.45, 2.75) is 45.3 Å². The predicted molar refractivity (Wildman–Crippen MR) is 126 cm³/mol. The molecule has 0 aliphatic carbocycles. The summed E-state index contributed by atoms with van der Waals surface area (Å²) in [6.07, 6.45) is 2.50. The number of nitrogens with one attached hydrogen (secondary N) is 1. The molecule has 0 radical (unpaired) electrons. The molecule has 11 heteroatoms. The fourth-order valence-corrected chi connectivity index (χ4v) is 4.16. The molecule has 1 aliphatic heterocycles. The summed E-state index contributed by atoms with van der Waals surface area (Å²) in [6.45, 7) is 6.71. The molecule has 0 spiro atoms. The Balaban J connectivity index is 1.68. The first kappa shape index (κ1) is 23.3. The van der Waals surface area contributed by atoms with Crippen LogP contribution in [0.15, 0.2) is 30.6 Å². The summed E-state index contributed by atoms with van der Waals surface area (Å²) >= 11 is 0. The molecule has 180 valence electrons. The lowest BCUT2D eigenvalue weighted by atomic mass is 10.0. The Hall–Kier alpha value is -3.89. The molecule has 2 aromatic heterocycles. The van der Waals surface area contributed by atoms with E-state index in [-0.39, 0.29) is 17.4 Å². The molecule has 1 saturated heterocycles. The van der Waals surface area contributed by atoms with Crippen LogP contribution in [0.2, 0.25) is 0 Å². The van der Waals surface area contributed by atoms with Gasteiger partial charge in [-0.25, -0.2) is 18.7 Å². The highest BCUT2D eigenvalue weighted by molar-refractivity contribution is 5.94. The number of carbonyl (C=O) groups excluding carboxylic acids is 2. The maximum absolute atomic E-state index is 14.5. The first-order valence-corrected chi connectivity index (χ1v) is 11.0. The van der Waals surface area contributed by atoms with Crippen molar-refractivity contribution in [1.82, 2.24) is 19.9 Å². The summed E-state index contributed by atoms with van der Waals surface area (Å²) in [5.41, 5.74) is 13.1. The van der Waals surface area contributed by atoms with Gasteiger partial charge >= 0.3 is 6.09 Å². The van der Waals surface area contributed by atoms with Crippen molar-refractivity contribution in [2.75, 3.05) is 23.7 Å². The zero-order chi connectivity index (χ0) is 24.6. The molecule has 2 amide bonds. The lowest BCUT2D eigenvalue weighted by Gasteiger charge is -2.34. The third-order valence-electron chi connectivity index (χ3n) is 5.58. The van der Waals surface area contributed by atoms with E-state index in [1.54, 1.807) is 10.6 Å². The molecular weight excluding hydrogens is 441 g/mol. The molecule has 34 heavy (non-hydrogen) atoms. The standard InChI is InChI=1S/C23H28FN7O3/c1-23(2,3)34-22(33)29-14-5-4-8-30(11-14)18-10-17(31-19(18)20(25)27-12-28-31)13-6-7-15(21(26)32)16(24)9-13/h6-7,9-10,12,14H,4-5,8,11H2,1-3H3,(H2,26,32)(H,29,33)(H2,25,27,28)/t14-/m1/s1. The number of benzene rings is 1. The SMILES string of the molecule is CC(C)(C)OC(=O)N[C@@H]1CCCN(c2cc(-c3ccc(C(N)=O)c(F)c3)n3ncnc(N)c23)C1. The van der Waals surface area contributed by atoms with Gasteiger partial charge in [-0.05, 0) is 51.8 Å². The van der Waals surface area contributed by atoms with E-state index in [1.807, 2.05) is 26.8 Å². The summed E-state index contributed by atoms with van der Waals surface area (Å²) in [6, 6.07) is 5.93. The van der Waals surface area contributed by atoms with Crippen molar-refractivity contribution in [2.24, 2.45) is 5.73 Å². The van der Waals surface area contributed by atoms with Crippen LogP contribution >= 0.6 is 0 Å². The Labute approximate surface area is 196 Å². The molecule has 5 N–H and O–H groups in total. The van der Waals surface area contributed by atoms with Crippen LogP contribution in [-0.4, -0.2) is 51.3 Å². The van der Waals surface area contributed by atoms with Gasteiger partial charge < -0.3 is 26.4 Å². The van der Waals surface area contributed by atoms with Gasteiger partial charge in [-0.1, -0.05) is 6.07 Å². The highest BCUT2D eigenvalue weighted by atomic mass is 19.1. The van der Waals surface area contributed by atoms with Crippen molar-refractivity contribution in [3.63, 3.8) is 0 Å². The van der Waals surface area contributed by atoms with E-state index in [0.29, 0.717) is 23.3 Å². The average molecular weight is 470 g/mol. The van der Waals surface area contributed by atoms with Gasteiger partial charge in [0.15, 0.2) is 5.82 Å². The first-order chi connectivity index (χ1) is 16.0. The van der Waals surface area contributed by atoms with Crippen molar-refractivity contribution in [3.8, 4) is 11.3 Å². The Bertz CT molecular complexity index is 1250. The Kier molecular flexibility index (Phi) is 6.03. The van der Waals surface area contributed by atoms with E-state index < -0.39 is 23.4 Å². The summed E-state index contributed by atoms with van der Waals surface area (Å²) in [4.78, 5) is 29.9. The van der Waals surface area contributed by atoms with Crippen LogP contribution in [0.1, 0.15) is 44.0 Å². The number of hydrogen-bond donors (Lipinski definition) is 3. The second-order valence-electron chi connectivity index (χ2n) is 9.31. The number of piperidine rings is 1. The number of rotatable bonds is 4. The molecule has 0 bridgehead atoms. The average Bonchev–Trinajstić information content (AvgIpc) is 3.13. The number of nitrogens with two attached hydrogens (primary N) is 2. The van der Waals surface area contributed by atoms with Crippen molar-refractivity contribution < 1.29 is 18.7 Å². The molecule has 0 unspecified atom stereocenters. The first-order valence-electron chi connectivity index (χ1n) is 11.0. The van der Waals surface area contributed by atoms with Gasteiger partial charge in [0.05, 0.1) is 16.9 Å². The Morgan fingerprint density at radius 2 is 2.03 bits per heavy atom. The van der Waals surface area contributed by atoms with E-state index >= 15 is 0 Å². The number of primary amides is 1. The number of nitrogen functional groups attached to an aromatic ring is 1. The van der Waals surface area contributed by atoms with E-state index in [1.165, 1.54) is 18.5 Å². The molecule has 3 heterocycles. The number of ether oxygens (including phenoxy) is 1. The quantitative estimate of drug-likeness (QED) is 0.533. The monoisotopic (exact) mass is 469 g/mol. The molecule has 3 aromatic rings. The van der Waals surface area contributed by atoms with Crippen LogP contribution in [0, 0.1) is 5.82 Å². The molecular formula is C23H28FN7O3. The van der Waals surface area contributed by atoms with E-state index in [2.05, 4.69) is 20.3 Å². The fraction of sp³-hybridized carbons (Fsp3) is 0.391. The lowest BCUT2D eigenvalue weighted by molar-refractivity contribution is 0.0500. The van der Waals surface area contributed by atoms with Gasteiger partial charge in [0, 0.05) is 24.7 Å². The molecule has 1 atom stereocenters. The van der Waals surface area contributed by atoms with E-state index in [4.69, 9.17) is 16.2 Å². The van der Waals surface area contributed by atoms with Gasteiger partial charge in [-0.2, -0.15) is 5.10 Å². The number of aromatic nitrogens is 3. The van der Waals surface area contributed by atoms with Crippen molar-refractivity contribution >= 4 is 29.0 Å².